The van der Waals surface area contributed by atoms with E-state index in [1.54, 1.807) is 0 Å². The molecular formula is C7H17N3O2S. The number of primary sulfonamides is 1. The van der Waals surface area contributed by atoms with Gasteiger partial charge in [0, 0.05) is 12.5 Å². The standard InChI is InChI=1S/C7H17N3O2S/c1-6(2)7(8)10-4-3-5-13(9,11)12/h6H,3-5H2,1-2H3,(H2,8,10)(H2,9,11,12). The summed E-state index contributed by atoms with van der Waals surface area (Å²) in [6.07, 6.45) is 0.423. The first kappa shape index (κ1) is 12.4. The molecule has 0 aromatic carbocycles. The van der Waals surface area contributed by atoms with E-state index < -0.39 is 10.0 Å². The molecular weight excluding hydrogens is 190 g/mol. The Balaban J connectivity index is 3.75. The molecule has 0 saturated heterocycles. The van der Waals surface area contributed by atoms with E-state index in [-0.39, 0.29) is 11.7 Å². The van der Waals surface area contributed by atoms with Crippen molar-refractivity contribution in [1.82, 2.24) is 0 Å². The zero-order valence-corrected chi connectivity index (χ0v) is 8.84. The van der Waals surface area contributed by atoms with Gasteiger partial charge in [-0.2, -0.15) is 0 Å². The van der Waals surface area contributed by atoms with E-state index in [0.29, 0.717) is 18.8 Å². The van der Waals surface area contributed by atoms with Crippen LogP contribution in [0.5, 0.6) is 0 Å². The smallest absolute Gasteiger partial charge is 0.209 e. The average Bonchev–Trinajstić information content (AvgIpc) is 1.95. The van der Waals surface area contributed by atoms with Gasteiger partial charge < -0.3 is 5.73 Å². The largest absolute Gasteiger partial charge is 0.387 e. The molecule has 5 nitrogen and oxygen atoms in total. The number of rotatable bonds is 5. The van der Waals surface area contributed by atoms with Crippen LogP contribution < -0.4 is 10.9 Å². The Labute approximate surface area is 79.3 Å². The second kappa shape index (κ2) is 5.18. The van der Waals surface area contributed by atoms with Crippen LogP contribution >= 0.6 is 0 Å². The van der Waals surface area contributed by atoms with Crippen molar-refractivity contribution in [1.29, 1.82) is 0 Å². The van der Waals surface area contributed by atoms with Gasteiger partial charge in [0.25, 0.3) is 0 Å². The fraction of sp³-hybridized carbons (Fsp3) is 0.857. The minimum absolute atomic E-state index is 0.0398. The third-order valence-electron chi connectivity index (χ3n) is 1.47. The van der Waals surface area contributed by atoms with Crippen molar-refractivity contribution in [3.63, 3.8) is 0 Å². The third kappa shape index (κ3) is 7.73. The van der Waals surface area contributed by atoms with Gasteiger partial charge in [-0.3, -0.25) is 4.99 Å². The van der Waals surface area contributed by atoms with Gasteiger partial charge in [0.05, 0.1) is 11.6 Å². The minimum Gasteiger partial charge on any atom is -0.387 e. The molecule has 0 amide bonds. The van der Waals surface area contributed by atoms with Crippen LogP contribution in [-0.2, 0) is 10.0 Å². The number of sulfonamides is 1. The fourth-order valence-electron chi connectivity index (χ4n) is 0.656. The number of hydrogen-bond acceptors (Lipinski definition) is 3. The van der Waals surface area contributed by atoms with E-state index in [9.17, 15) is 8.42 Å². The van der Waals surface area contributed by atoms with E-state index >= 15 is 0 Å². The second-order valence-electron chi connectivity index (χ2n) is 3.18. The van der Waals surface area contributed by atoms with E-state index in [1.165, 1.54) is 0 Å². The quantitative estimate of drug-likeness (QED) is 0.367. The number of hydrogen-bond donors (Lipinski definition) is 2. The van der Waals surface area contributed by atoms with Gasteiger partial charge in [-0.15, -0.1) is 0 Å². The molecule has 0 saturated carbocycles. The first-order valence-corrected chi connectivity index (χ1v) is 5.85. The summed E-state index contributed by atoms with van der Waals surface area (Å²) in [5.74, 6) is 0.714. The Morgan fingerprint density at radius 1 is 1.46 bits per heavy atom. The number of nitrogens with zero attached hydrogens (tertiary/aromatic N) is 1. The summed E-state index contributed by atoms with van der Waals surface area (Å²) in [5.41, 5.74) is 5.54. The topological polar surface area (TPSA) is 98.5 Å². The van der Waals surface area contributed by atoms with E-state index in [0.717, 1.165) is 0 Å². The monoisotopic (exact) mass is 207 g/mol. The molecule has 0 heterocycles. The van der Waals surface area contributed by atoms with Crippen molar-refractivity contribution >= 4 is 15.9 Å². The number of amidine groups is 1. The molecule has 0 unspecified atom stereocenters. The zero-order chi connectivity index (χ0) is 10.5. The lowest BCUT2D eigenvalue weighted by Gasteiger charge is -2.03. The summed E-state index contributed by atoms with van der Waals surface area (Å²) in [5, 5.41) is 4.80. The molecule has 0 radical (unpaired) electrons. The van der Waals surface area contributed by atoms with Crippen LogP contribution in [0, 0.1) is 5.92 Å². The van der Waals surface area contributed by atoms with Gasteiger partial charge in [0.15, 0.2) is 0 Å². The summed E-state index contributed by atoms with van der Waals surface area (Å²) in [4.78, 5) is 4.00. The van der Waals surface area contributed by atoms with E-state index in [4.69, 9.17) is 10.9 Å². The van der Waals surface area contributed by atoms with Gasteiger partial charge in [-0.25, -0.2) is 13.6 Å². The van der Waals surface area contributed by atoms with E-state index in [2.05, 4.69) is 4.99 Å². The van der Waals surface area contributed by atoms with Crippen LogP contribution in [0.1, 0.15) is 20.3 Å². The van der Waals surface area contributed by atoms with Crippen molar-refractivity contribution in [3.8, 4) is 0 Å². The number of aliphatic imine (C=N–C) groups is 1. The highest BCUT2D eigenvalue weighted by Crippen LogP contribution is 1.93. The lowest BCUT2D eigenvalue weighted by molar-refractivity contribution is 0.595. The van der Waals surface area contributed by atoms with Crippen molar-refractivity contribution < 1.29 is 8.42 Å². The maximum absolute atomic E-state index is 10.5. The first-order valence-electron chi connectivity index (χ1n) is 4.13. The van der Waals surface area contributed by atoms with Gasteiger partial charge in [-0.1, -0.05) is 13.8 Å². The SMILES string of the molecule is CC(C)C(N)=NCCCS(N)(=O)=O. The number of nitrogens with two attached hydrogens (primary N) is 2. The van der Waals surface area contributed by atoms with E-state index in [1.807, 2.05) is 13.8 Å². The van der Waals surface area contributed by atoms with Crippen LogP contribution in [0.3, 0.4) is 0 Å². The lowest BCUT2D eigenvalue weighted by atomic mass is 10.2. The van der Waals surface area contributed by atoms with Crippen molar-refractivity contribution in [2.24, 2.45) is 21.8 Å². The molecule has 0 aromatic rings. The first-order chi connectivity index (χ1) is 5.83. The third-order valence-corrected chi connectivity index (χ3v) is 2.33. The Kier molecular flexibility index (Phi) is 4.94. The Morgan fingerprint density at radius 3 is 2.38 bits per heavy atom. The summed E-state index contributed by atoms with van der Waals surface area (Å²) in [6, 6.07) is 0. The van der Waals surface area contributed by atoms with Gasteiger partial charge >= 0.3 is 0 Å². The molecule has 0 atom stereocenters. The predicted molar refractivity (Wildman–Crippen MR) is 53.9 cm³/mol. The second-order valence-corrected chi connectivity index (χ2v) is 4.92. The van der Waals surface area contributed by atoms with Crippen LogP contribution in [-0.4, -0.2) is 26.6 Å². The maximum atomic E-state index is 10.5. The minimum atomic E-state index is -3.35. The molecule has 0 aromatic heterocycles. The molecule has 78 valence electrons. The Hall–Kier alpha value is -0.620. The van der Waals surface area contributed by atoms with Crippen LogP contribution in [0.2, 0.25) is 0 Å². The summed E-state index contributed by atoms with van der Waals surface area (Å²) in [6.45, 7) is 4.28. The Morgan fingerprint density at radius 2 is 2.00 bits per heavy atom. The molecule has 0 aliphatic carbocycles. The highest BCUT2D eigenvalue weighted by atomic mass is 32.2. The molecule has 0 aliphatic heterocycles. The highest BCUT2D eigenvalue weighted by molar-refractivity contribution is 7.89. The van der Waals surface area contributed by atoms with Crippen LogP contribution in [0.25, 0.3) is 0 Å². The molecule has 0 rings (SSSR count). The van der Waals surface area contributed by atoms with Gasteiger partial charge in [-0.05, 0) is 6.42 Å². The summed E-state index contributed by atoms with van der Waals surface area (Å²) >= 11 is 0. The molecule has 4 N–H and O–H groups in total. The molecule has 0 bridgehead atoms. The zero-order valence-electron chi connectivity index (χ0n) is 8.03. The van der Waals surface area contributed by atoms with Gasteiger partial charge in [0.2, 0.25) is 10.0 Å². The molecule has 0 spiro atoms. The van der Waals surface area contributed by atoms with Crippen molar-refractivity contribution in [2.45, 2.75) is 20.3 Å². The Bertz CT molecular complexity index is 269. The summed E-state index contributed by atoms with van der Waals surface area (Å²) in [7, 11) is -3.35. The predicted octanol–water partition coefficient (Wildman–Crippen LogP) is -0.322. The fourth-order valence-corrected chi connectivity index (χ4v) is 1.19. The van der Waals surface area contributed by atoms with Crippen molar-refractivity contribution in [2.75, 3.05) is 12.3 Å². The maximum Gasteiger partial charge on any atom is 0.209 e. The van der Waals surface area contributed by atoms with Crippen LogP contribution in [0.4, 0.5) is 0 Å². The van der Waals surface area contributed by atoms with Crippen LogP contribution in [0.15, 0.2) is 4.99 Å². The summed E-state index contributed by atoms with van der Waals surface area (Å²) < 4.78 is 21.0. The van der Waals surface area contributed by atoms with Crippen molar-refractivity contribution in [3.05, 3.63) is 0 Å². The highest BCUT2D eigenvalue weighted by Gasteiger charge is 2.02. The molecule has 13 heavy (non-hydrogen) atoms. The van der Waals surface area contributed by atoms with Gasteiger partial charge in [0.1, 0.15) is 0 Å². The molecule has 6 heteroatoms. The molecule has 0 fully saturated rings. The molecule has 0 aliphatic rings. The average molecular weight is 207 g/mol. The lowest BCUT2D eigenvalue weighted by Crippen LogP contribution is -2.20. The normalized spacial score (nSPS) is 13.7.